The number of halogens is 2. The number of carbonyl (C=O) groups is 1. The highest BCUT2D eigenvalue weighted by Gasteiger charge is 2.16. The van der Waals surface area contributed by atoms with Crippen LogP contribution in [0.25, 0.3) is 11.3 Å². The van der Waals surface area contributed by atoms with Gasteiger partial charge in [-0.25, -0.2) is 4.98 Å². The number of benzene rings is 2. The summed E-state index contributed by atoms with van der Waals surface area (Å²) in [6.07, 6.45) is 1.75. The minimum absolute atomic E-state index is 0.143. The number of nitrogens with one attached hydrogen (secondary N) is 1. The summed E-state index contributed by atoms with van der Waals surface area (Å²) in [7, 11) is 0. The van der Waals surface area contributed by atoms with Crippen LogP contribution in [0.4, 0.5) is 5.13 Å². The fourth-order valence-corrected chi connectivity index (χ4v) is 5.14. The van der Waals surface area contributed by atoms with Crippen LogP contribution in [0.15, 0.2) is 65.7 Å². The Hall–Kier alpha value is -2.85. The fourth-order valence-electron chi connectivity index (χ4n) is 3.14. The highest BCUT2D eigenvalue weighted by atomic mass is 35.5. The Bertz CT molecular complexity index is 1360. The highest BCUT2D eigenvalue weighted by Crippen LogP contribution is 2.32. The zero-order valence-electron chi connectivity index (χ0n) is 18.7. The first-order valence-electron chi connectivity index (χ1n) is 10.5. The molecule has 0 bridgehead atoms. The lowest BCUT2D eigenvalue weighted by Gasteiger charge is -2.10. The van der Waals surface area contributed by atoms with Gasteiger partial charge < -0.3 is 10.1 Å². The zero-order chi connectivity index (χ0) is 24.8. The number of nitrogens with zero attached hydrogens (tertiary/aromatic N) is 4. The molecule has 0 spiro atoms. The van der Waals surface area contributed by atoms with Crippen LogP contribution in [0.1, 0.15) is 11.4 Å². The number of hydrogen-bond acceptors (Lipinski definition) is 7. The van der Waals surface area contributed by atoms with Crippen LogP contribution in [-0.2, 0) is 17.9 Å². The fraction of sp³-hybridized carbons (Fsp3) is 0.167. The number of carbonyl (C=O) groups excluding carboxylic acids is 1. The summed E-state index contributed by atoms with van der Waals surface area (Å²) in [4.78, 5) is 17.0. The van der Waals surface area contributed by atoms with E-state index in [0.717, 1.165) is 16.9 Å². The summed E-state index contributed by atoms with van der Waals surface area (Å²) in [5, 5.41) is 15.3. The Morgan fingerprint density at radius 3 is 2.86 bits per heavy atom. The molecular weight excluding hydrogens is 525 g/mol. The predicted molar refractivity (Wildman–Crippen MR) is 143 cm³/mol. The van der Waals surface area contributed by atoms with E-state index in [-0.39, 0.29) is 18.3 Å². The number of thiazole rings is 1. The molecular formula is C24H21Cl2N5O2S2. The van der Waals surface area contributed by atoms with Crippen molar-refractivity contribution in [2.45, 2.75) is 25.2 Å². The quantitative estimate of drug-likeness (QED) is 0.180. The van der Waals surface area contributed by atoms with E-state index in [0.29, 0.717) is 38.4 Å². The first kappa shape index (κ1) is 25.2. The third-order valence-electron chi connectivity index (χ3n) is 4.85. The van der Waals surface area contributed by atoms with Gasteiger partial charge in [-0.2, -0.15) is 0 Å². The van der Waals surface area contributed by atoms with Crippen molar-refractivity contribution in [2.24, 2.45) is 0 Å². The molecule has 0 aliphatic rings. The van der Waals surface area contributed by atoms with Crippen molar-refractivity contribution in [3.05, 3.63) is 81.9 Å². The SMILES string of the molecule is C=CCn1c(COc2ccccc2C)nnc1SCC(=O)Nc1nc(-c2ccc(Cl)cc2Cl)cs1. The second-order valence-corrected chi connectivity index (χ2v) is 10.00. The van der Waals surface area contributed by atoms with Gasteiger partial charge in [0.25, 0.3) is 0 Å². The molecule has 11 heteroatoms. The summed E-state index contributed by atoms with van der Waals surface area (Å²) in [6, 6.07) is 13.0. The Morgan fingerprint density at radius 1 is 1.26 bits per heavy atom. The standard InChI is InChI=1S/C24H21Cl2N5O2S2/c1-3-10-31-21(12-33-20-7-5-4-6-15(20)2)29-30-24(31)35-14-22(32)28-23-27-19(13-34-23)17-9-8-16(25)11-18(17)26/h3-9,11,13H,1,10,12,14H2,2H3,(H,27,28,32). The molecule has 0 saturated heterocycles. The van der Waals surface area contributed by atoms with Crippen LogP contribution < -0.4 is 10.1 Å². The van der Waals surface area contributed by atoms with Crippen LogP contribution in [-0.4, -0.2) is 31.4 Å². The number of rotatable bonds is 10. The molecule has 0 fully saturated rings. The largest absolute Gasteiger partial charge is 0.485 e. The molecule has 180 valence electrons. The van der Waals surface area contributed by atoms with Crippen molar-refractivity contribution < 1.29 is 9.53 Å². The molecule has 2 aromatic heterocycles. The van der Waals surface area contributed by atoms with Crippen molar-refractivity contribution in [3.63, 3.8) is 0 Å². The number of allylic oxidation sites excluding steroid dienone is 1. The van der Waals surface area contributed by atoms with Gasteiger partial charge in [0.15, 0.2) is 16.1 Å². The molecule has 0 unspecified atom stereocenters. The van der Waals surface area contributed by atoms with Crippen LogP contribution in [0.5, 0.6) is 5.75 Å². The van der Waals surface area contributed by atoms with Crippen LogP contribution in [0.3, 0.4) is 0 Å². The monoisotopic (exact) mass is 545 g/mol. The summed E-state index contributed by atoms with van der Waals surface area (Å²) in [5.74, 6) is 1.38. The van der Waals surface area contributed by atoms with Crippen LogP contribution in [0.2, 0.25) is 10.0 Å². The molecule has 0 atom stereocenters. The average molecular weight is 547 g/mol. The maximum Gasteiger partial charge on any atom is 0.236 e. The Balaban J connectivity index is 1.37. The van der Waals surface area contributed by atoms with E-state index in [9.17, 15) is 4.79 Å². The van der Waals surface area contributed by atoms with Gasteiger partial charge in [0.05, 0.1) is 16.5 Å². The van der Waals surface area contributed by atoms with Gasteiger partial charge in [0.1, 0.15) is 12.4 Å². The van der Waals surface area contributed by atoms with E-state index in [1.54, 1.807) is 24.3 Å². The molecule has 1 N–H and O–H groups in total. The Morgan fingerprint density at radius 2 is 2.09 bits per heavy atom. The molecule has 4 rings (SSSR count). The number of amides is 1. The van der Waals surface area contributed by atoms with Crippen LogP contribution >= 0.6 is 46.3 Å². The summed E-state index contributed by atoms with van der Waals surface area (Å²) >= 11 is 14.8. The number of thioether (sulfide) groups is 1. The van der Waals surface area contributed by atoms with Crippen molar-refractivity contribution in [1.82, 2.24) is 19.7 Å². The van der Waals surface area contributed by atoms with E-state index in [1.807, 2.05) is 41.1 Å². The van der Waals surface area contributed by atoms with E-state index < -0.39 is 0 Å². The number of para-hydroxylation sites is 1. The van der Waals surface area contributed by atoms with Gasteiger partial charge in [0, 0.05) is 22.5 Å². The lowest BCUT2D eigenvalue weighted by Crippen LogP contribution is -2.15. The lowest BCUT2D eigenvalue weighted by atomic mass is 10.2. The highest BCUT2D eigenvalue weighted by molar-refractivity contribution is 7.99. The van der Waals surface area contributed by atoms with Gasteiger partial charge >= 0.3 is 0 Å². The third-order valence-corrected chi connectivity index (χ3v) is 7.12. The molecule has 0 radical (unpaired) electrons. The van der Waals surface area contributed by atoms with E-state index >= 15 is 0 Å². The summed E-state index contributed by atoms with van der Waals surface area (Å²) in [6.45, 7) is 6.55. The molecule has 35 heavy (non-hydrogen) atoms. The van der Waals surface area contributed by atoms with Crippen LogP contribution in [0, 0.1) is 6.92 Å². The first-order valence-corrected chi connectivity index (χ1v) is 13.1. The number of hydrogen-bond donors (Lipinski definition) is 1. The molecule has 4 aromatic rings. The molecule has 2 aromatic carbocycles. The van der Waals surface area contributed by atoms with Crippen molar-refractivity contribution in [2.75, 3.05) is 11.1 Å². The first-order chi connectivity index (χ1) is 16.9. The number of ether oxygens (including phenoxy) is 1. The van der Waals surface area contributed by atoms with Crippen molar-refractivity contribution in [1.29, 1.82) is 0 Å². The summed E-state index contributed by atoms with van der Waals surface area (Å²) < 4.78 is 7.79. The second kappa shape index (κ2) is 11.7. The number of aryl methyl sites for hydroxylation is 1. The molecule has 2 heterocycles. The van der Waals surface area contributed by atoms with Gasteiger partial charge in [0.2, 0.25) is 5.91 Å². The average Bonchev–Trinajstić information content (AvgIpc) is 3.44. The van der Waals surface area contributed by atoms with E-state index in [4.69, 9.17) is 27.9 Å². The number of anilines is 1. The molecule has 0 saturated carbocycles. The van der Waals surface area contributed by atoms with E-state index in [1.165, 1.54) is 23.1 Å². The smallest absolute Gasteiger partial charge is 0.236 e. The Labute approximate surface area is 221 Å². The maximum atomic E-state index is 12.6. The second-order valence-electron chi connectivity index (χ2n) is 7.35. The molecule has 0 aliphatic heterocycles. The maximum absolute atomic E-state index is 12.6. The lowest BCUT2D eigenvalue weighted by molar-refractivity contribution is -0.113. The van der Waals surface area contributed by atoms with Crippen molar-refractivity contribution in [3.8, 4) is 17.0 Å². The molecule has 1 amide bonds. The topological polar surface area (TPSA) is 81.9 Å². The normalized spacial score (nSPS) is 10.8. The van der Waals surface area contributed by atoms with E-state index in [2.05, 4.69) is 27.1 Å². The predicted octanol–water partition coefficient (Wildman–Crippen LogP) is 6.51. The molecule has 0 aliphatic carbocycles. The van der Waals surface area contributed by atoms with Crippen molar-refractivity contribution >= 4 is 57.3 Å². The molecule has 7 nitrogen and oxygen atoms in total. The number of aromatic nitrogens is 4. The zero-order valence-corrected chi connectivity index (χ0v) is 21.8. The van der Waals surface area contributed by atoms with Gasteiger partial charge in [-0.3, -0.25) is 9.36 Å². The minimum Gasteiger partial charge on any atom is -0.485 e. The Kier molecular flexibility index (Phi) is 8.46. The summed E-state index contributed by atoms with van der Waals surface area (Å²) in [5.41, 5.74) is 2.46. The van der Waals surface area contributed by atoms with Gasteiger partial charge in [-0.15, -0.1) is 28.1 Å². The third kappa shape index (κ3) is 6.43. The van der Waals surface area contributed by atoms with Gasteiger partial charge in [-0.1, -0.05) is 59.2 Å². The van der Waals surface area contributed by atoms with Gasteiger partial charge in [-0.05, 0) is 36.8 Å². The minimum atomic E-state index is -0.205.